The number of halogens is 3. The van der Waals surface area contributed by atoms with Crippen molar-refractivity contribution in [1.29, 1.82) is 0 Å². The van der Waals surface area contributed by atoms with Crippen LogP contribution in [0.25, 0.3) is 22.0 Å². The molecule has 2 heterocycles. The fourth-order valence-corrected chi connectivity index (χ4v) is 5.61. The number of hydrogen-bond acceptors (Lipinski definition) is 6. The average Bonchev–Trinajstić information content (AvgIpc) is 3.33. The number of hydrogen-bond donors (Lipinski definition) is 2. The van der Waals surface area contributed by atoms with Crippen molar-refractivity contribution in [3.05, 3.63) is 78.0 Å². The van der Waals surface area contributed by atoms with E-state index in [1.165, 1.54) is 17.7 Å². The van der Waals surface area contributed by atoms with Crippen molar-refractivity contribution in [3.8, 4) is 28.4 Å². The Morgan fingerprint density at radius 1 is 0.905 bits per heavy atom. The Morgan fingerprint density at radius 2 is 1.69 bits per heavy atom. The number of nitrogens with zero attached hydrogens (tertiary/aromatic N) is 2. The predicted molar refractivity (Wildman–Crippen MR) is 158 cm³/mol. The van der Waals surface area contributed by atoms with Crippen LogP contribution in [-0.4, -0.2) is 48.7 Å². The molecule has 7 nitrogen and oxygen atoms in total. The summed E-state index contributed by atoms with van der Waals surface area (Å²) in [5.74, 6) is 1.32. The molecule has 0 amide bonds. The Bertz CT molecular complexity index is 1500. The number of aromatic nitrogens is 1. The van der Waals surface area contributed by atoms with Crippen LogP contribution in [0.5, 0.6) is 17.2 Å². The zero-order valence-electron chi connectivity index (χ0n) is 23.7. The Balaban J connectivity index is 1.35. The molecule has 0 saturated carbocycles. The van der Waals surface area contributed by atoms with Gasteiger partial charge in [-0.3, -0.25) is 4.90 Å². The lowest BCUT2D eigenvalue weighted by Gasteiger charge is -2.32. The molecule has 1 fully saturated rings. The van der Waals surface area contributed by atoms with Crippen LogP contribution in [0.15, 0.2) is 66.9 Å². The van der Waals surface area contributed by atoms with Crippen molar-refractivity contribution >= 4 is 10.9 Å². The highest BCUT2D eigenvalue weighted by Crippen LogP contribution is 2.36. The van der Waals surface area contributed by atoms with E-state index in [4.69, 9.17) is 20.9 Å². The summed E-state index contributed by atoms with van der Waals surface area (Å²) in [5.41, 5.74) is 16.3. The maximum Gasteiger partial charge on any atom is 0.573 e. The van der Waals surface area contributed by atoms with Gasteiger partial charge in [0.2, 0.25) is 0 Å². The number of methoxy groups -OCH3 is 1. The van der Waals surface area contributed by atoms with Gasteiger partial charge in [0, 0.05) is 61.5 Å². The van der Waals surface area contributed by atoms with Gasteiger partial charge >= 0.3 is 6.36 Å². The van der Waals surface area contributed by atoms with Crippen LogP contribution in [-0.2, 0) is 19.6 Å². The smallest absolute Gasteiger partial charge is 0.497 e. The number of aryl methyl sites for hydroxylation is 1. The van der Waals surface area contributed by atoms with Gasteiger partial charge in [0.25, 0.3) is 0 Å². The molecule has 1 aliphatic heterocycles. The van der Waals surface area contributed by atoms with Crippen LogP contribution in [0.4, 0.5) is 13.2 Å². The first-order chi connectivity index (χ1) is 20.3. The second kappa shape index (κ2) is 13.1. The van der Waals surface area contributed by atoms with E-state index in [0.29, 0.717) is 12.1 Å². The number of likely N-dealkylation sites (tertiary alicyclic amines) is 1. The molecule has 0 atom stereocenters. The van der Waals surface area contributed by atoms with Crippen molar-refractivity contribution in [3.63, 3.8) is 0 Å². The molecule has 10 heteroatoms. The molecule has 4 aromatic rings. The molecule has 4 N–H and O–H groups in total. The maximum absolute atomic E-state index is 12.8. The first-order valence-electron chi connectivity index (χ1n) is 14.2. The topological polar surface area (TPSA) is 87.9 Å². The van der Waals surface area contributed by atoms with Gasteiger partial charge in [0.05, 0.1) is 7.11 Å². The predicted octanol–water partition coefficient (Wildman–Crippen LogP) is 6.07. The van der Waals surface area contributed by atoms with Gasteiger partial charge in [-0.05, 0) is 78.9 Å². The molecule has 0 aliphatic carbocycles. The molecule has 0 spiro atoms. The number of alkyl halides is 3. The minimum Gasteiger partial charge on any atom is -0.497 e. The molecule has 42 heavy (non-hydrogen) atoms. The lowest BCUT2D eigenvalue weighted by molar-refractivity contribution is -0.274. The summed E-state index contributed by atoms with van der Waals surface area (Å²) in [6.45, 7) is 3.98. The maximum atomic E-state index is 12.8. The zero-order chi connectivity index (χ0) is 29.7. The monoisotopic (exact) mass is 582 g/mol. The van der Waals surface area contributed by atoms with Crippen molar-refractivity contribution in [2.75, 3.05) is 26.7 Å². The average molecular weight is 583 g/mol. The number of nitrogens with two attached hydrogens (primary N) is 2. The summed E-state index contributed by atoms with van der Waals surface area (Å²) < 4.78 is 56.3. The van der Waals surface area contributed by atoms with Crippen LogP contribution in [0.2, 0.25) is 0 Å². The third kappa shape index (κ3) is 7.18. The van der Waals surface area contributed by atoms with Gasteiger partial charge in [0.15, 0.2) is 0 Å². The normalized spacial score (nSPS) is 14.8. The van der Waals surface area contributed by atoms with Gasteiger partial charge < -0.3 is 30.2 Å². The summed E-state index contributed by atoms with van der Waals surface area (Å²) >= 11 is 0. The van der Waals surface area contributed by atoms with Crippen LogP contribution < -0.4 is 25.7 Å². The molecule has 3 aromatic carbocycles. The van der Waals surface area contributed by atoms with Crippen molar-refractivity contribution < 1.29 is 27.4 Å². The Kier molecular flexibility index (Phi) is 9.25. The highest BCUT2D eigenvalue weighted by Gasteiger charge is 2.31. The van der Waals surface area contributed by atoms with E-state index in [9.17, 15) is 13.2 Å². The first-order valence-corrected chi connectivity index (χ1v) is 14.2. The highest BCUT2D eigenvalue weighted by atomic mass is 19.4. The number of benzene rings is 3. The van der Waals surface area contributed by atoms with E-state index in [1.807, 2.05) is 30.5 Å². The number of ether oxygens (including phenoxy) is 3. The van der Waals surface area contributed by atoms with E-state index in [0.717, 1.165) is 79.0 Å². The van der Waals surface area contributed by atoms with Gasteiger partial charge in [0.1, 0.15) is 23.4 Å². The SMILES string of the molecule is COc1cccc(OC2CCN(Cc3ccc4c(c3)c(-c3ccc(OC(F)(F)F)cc3CN)cn4CCCN)CC2)c1. The molecule has 1 aliphatic rings. The van der Waals surface area contributed by atoms with Crippen molar-refractivity contribution in [1.82, 2.24) is 9.47 Å². The summed E-state index contributed by atoms with van der Waals surface area (Å²) in [5, 5.41) is 1.03. The van der Waals surface area contributed by atoms with Gasteiger partial charge in [-0.2, -0.15) is 0 Å². The molecule has 0 bridgehead atoms. The Morgan fingerprint density at radius 3 is 2.40 bits per heavy atom. The largest absolute Gasteiger partial charge is 0.573 e. The third-order valence-corrected chi connectivity index (χ3v) is 7.65. The molecule has 224 valence electrons. The van der Waals surface area contributed by atoms with E-state index < -0.39 is 6.36 Å². The van der Waals surface area contributed by atoms with E-state index >= 15 is 0 Å². The zero-order valence-corrected chi connectivity index (χ0v) is 23.7. The second-order valence-corrected chi connectivity index (χ2v) is 10.6. The van der Waals surface area contributed by atoms with Crippen LogP contribution in [0.3, 0.4) is 0 Å². The van der Waals surface area contributed by atoms with Crippen LogP contribution in [0, 0.1) is 0 Å². The van der Waals surface area contributed by atoms with Gasteiger partial charge in [-0.1, -0.05) is 18.2 Å². The van der Waals surface area contributed by atoms with Crippen molar-refractivity contribution in [2.45, 2.75) is 51.4 Å². The fourth-order valence-electron chi connectivity index (χ4n) is 5.61. The Labute approximate surface area is 243 Å². The highest BCUT2D eigenvalue weighted by molar-refractivity contribution is 5.97. The number of fused-ring (bicyclic) bond motifs is 1. The molecule has 1 aromatic heterocycles. The standard InChI is InChI=1S/C32H37F3N4O3/c1-40-25-4-2-5-26(18-25)41-24-10-14-38(15-11-24)20-22-6-9-31-29(16-22)30(21-39(31)13-3-12-36)28-8-7-27(17-23(28)19-37)42-32(33,34)35/h2,4-9,16-18,21,24H,3,10-15,19-20,36-37H2,1H3. The van der Waals surface area contributed by atoms with E-state index in [-0.39, 0.29) is 18.4 Å². The van der Waals surface area contributed by atoms with Gasteiger partial charge in [-0.15, -0.1) is 13.2 Å². The van der Waals surface area contributed by atoms with Crippen molar-refractivity contribution in [2.24, 2.45) is 11.5 Å². The fraction of sp³-hybridized carbons (Fsp3) is 0.375. The summed E-state index contributed by atoms with van der Waals surface area (Å²) in [6.07, 6.45) is 0.0806. The van der Waals surface area contributed by atoms with Crippen LogP contribution >= 0.6 is 0 Å². The lowest BCUT2D eigenvalue weighted by Crippen LogP contribution is -2.37. The minimum atomic E-state index is -4.77. The molecule has 5 rings (SSSR count). The minimum absolute atomic E-state index is 0.0757. The molecule has 1 saturated heterocycles. The molecule has 0 unspecified atom stereocenters. The summed E-state index contributed by atoms with van der Waals surface area (Å²) in [4.78, 5) is 2.42. The quantitative estimate of drug-likeness (QED) is 0.223. The summed E-state index contributed by atoms with van der Waals surface area (Å²) in [6, 6.07) is 18.5. The summed E-state index contributed by atoms with van der Waals surface area (Å²) in [7, 11) is 1.65. The third-order valence-electron chi connectivity index (χ3n) is 7.65. The number of rotatable bonds is 11. The lowest BCUT2D eigenvalue weighted by atomic mass is 9.97. The van der Waals surface area contributed by atoms with Gasteiger partial charge in [-0.25, -0.2) is 0 Å². The van der Waals surface area contributed by atoms with E-state index in [1.54, 1.807) is 13.2 Å². The number of piperidine rings is 1. The first kappa shape index (κ1) is 29.8. The Hall–Kier alpha value is -3.73. The second-order valence-electron chi connectivity index (χ2n) is 10.6. The molecular weight excluding hydrogens is 545 g/mol. The molecular formula is C32H37F3N4O3. The molecule has 0 radical (unpaired) electrons. The van der Waals surface area contributed by atoms with E-state index in [2.05, 4.69) is 32.4 Å². The van der Waals surface area contributed by atoms with Crippen LogP contribution in [0.1, 0.15) is 30.4 Å².